The summed E-state index contributed by atoms with van der Waals surface area (Å²) in [5.41, 5.74) is 0.984. The first-order valence-electron chi connectivity index (χ1n) is 6.54. The summed E-state index contributed by atoms with van der Waals surface area (Å²) < 4.78 is 24.0. The van der Waals surface area contributed by atoms with E-state index in [1.165, 1.54) is 6.07 Å². The van der Waals surface area contributed by atoms with Crippen LogP contribution in [-0.2, 0) is 9.84 Å². The zero-order valence-electron chi connectivity index (χ0n) is 11.9. The number of nitrogens with one attached hydrogen (secondary N) is 1. The van der Waals surface area contributed by atoms with Crippen LogP contribution in [0.5, 0.6) is 0 Å². The average molecular weight is 368 g/mol. The lowest BCUT2D eigenvalue weighted by Crippen LogP contribution is -2.05. The second-order valence-electron chi connectivity index (χ2n) is 4.87. The number of aromatic nitrogens is 2. The van der Waals surface area contributed by atoms with Gasteiger partial charge in [-0.05, 0) is 35.9 Å². The van der Waals surface area contributed by atoms with Crippen molar-refractivity contribution in [3.63, 3.8) is 0 Å². The molecule has 0 amide bonds. The van der Waals surface area contributed by atoms with E-state index >= 15 is 0 Å². The number of para-hydroxylation sites is 1. The molecule has 1 N–H and O–H groups in total. The lowest BCUT2D eigenvalue weighted by molar-refractivity contribution is 0.602. The Kier molecular flexibility index (Phi) is 4.14. The summed E-state index contributed by atoms with van der Waals surface area (Å²) in [6.45, 7) is 0. The molecule has 1 heterocycles. The molecule has 3 rings (SSSR count). The number of benzene rings is 2. The van der Waals surface area contributed by atoms with Gasteiger partial charge in [-0.1, -0.05) is 29.8 Å². The van der Waals surface area contributed by atoms with E-state index in [1.54, 1.807) is 18.2 Å². The van der Waals surface area contributed by atoms with Gasteiger partial charge in [0.25, 0.3) is 0 Å². The molecule has 8 heteroatoms. The highest BCUT2D eigenvalue weighted by molar-refractivity contribution is 7.91. The first-order valence-corrected chi connectivity index (χ1v) is 9.19. The quantitative estimate of drug-likeness (QED) is 0.706. The lowest BCUT2D eigenvalue weighted by atomic mass is 10.2. The predicted octanol–water partition coefficient (Wildman–Crippen LogP) is 4.08. The van der Waals surface area contributed by atoms with E-state index in [2.05, 4.69) is 15.3 Å². The highest BCUT2D eigenvalue weighted by Gasteiger charge is 2.18. The van der Waals surface area contributed by atoms with E-state index in [4.69, 9.17) is 23.2 Å². The maximum absolute atomic E-state index is 12.0. The SMILES string of the molecule is CS(=O)(=O)c1c(Cl)cccc1Nc1nc(Cl)nc2ccccc12. The van der Waals surface area contributed by atoms with Crippen molar-refractivity contribution in [2.24, 2.45) is 0 Å². The molecule has 2 aromatic carbocycles. The van der Waals surface area contributed by atoms with Gasteiger partial charge in [0.1, 0.15) is 10.7 Å². The highest BCUT2D eigenvalue weighted by Crippen LogP contribution is 2.33. The van der Waals surface area contributed by atoms with Crippen LogP contribution in [0, 0.1) is 0 Å². The number of rotatable bonds is 3. The van der Waals surface area contributed by atoms with Crippen molar-refractivity contribution in [2.75, 3.05) is 11.6 Å². The second-order valence-corrected chi connectivity index (χ2v) is 7.57. The number of anilines is 2. The van der Waals surface area contributed by atoms with Gasteiger partial charge >= 0.3 is 0 Å². The molecule has 0 aliphatic carbocycles. The van der Waals surface area contributed by atoms with E-state index < -0.39 is 9.84 Å². The summed E-state index contributed by atoms with van der Waals surface area (Å²) in [5.74, 6) is 0.410. The Labute approximate surface area is 143 Å². The van der Waals surface area contributed by atoms with Gasteiger partial charge in [0, 0.05) is 11.6 Å². The Hall–Kier alpha value is -1.89. The van der Waals surface area contributed by atoms with Crippen LogP contribution >= 0.6 is 23.2 Å². The topological polar surface area (TPSA) is 72.0 Å². The normalized spacial score (nSPS) is 11.6. The molecular weight excluding hydrogens is 357 g/mol. The molecule has 1 aromatic heterocycles. The summed E-state index contributed by atoms with van der Waals surface area (Å²) in [5, 5.41) is 3.93. The maximum Gasteiger partial charge on any atom is 0.224 e. The van der Waals surface area contributed by atoms with Crippen molar-refractivity contribution < 1.29 is 8.42 Å². The monoisotopic (exact) mass is 367 g/mol. The maximum atomic E-state index is 12.0. The number of sulfone groups is 1. The third-order valence-electron chi connectivity index (χ3n) is 3.17. The number of fused-ring (bicyclic) bond motifs is 1. The number of hydrogen-bond donors (Lipinski definition) is 1. The minimum absolute atomic E-state index is 0.0143. The van der Waals surface area contributed by atoms with E-state index in [1.807, 2.05) is 18.2 Å². The average Bonchev–Trinajstić information content (AvgIpc) is 2.45. The van der Waals surface area contributed by atoms with Crippen molar-refractivity contribution in [3.8, 4) is 0 Å². The molecule has 0 spiro atoms. The van der Waals surface area contributed by atoms with Crippen LogP contribution in [0.4, 0.5) is 11.5 Å². The van der Waals surface area contributed by atoms with Crippen LogP contribution in [0.1, 0.15) is 0 Å². The van der Waals surface area contributed by atoms with E-state index in [-0.39, 0.29) is 15.2 Å². The summed E-state index contributed by atoms with van der Waals surface area (Å²) in [6, 6.07) is 12.1. The summed E-state index contributed by atoms with van der Waals surface area (Å²) in [4.78, 5) is 8.31. The fraction of sp³-hybridized carbons (Fsp3) is 0.0667. The van der Waals surface area contributed by atoms with E-state index in [9.17, 15) is 8.42 Å². The zero-order chi connectivity index (χ0) is 16.6. The van der Waals surface area contributed by atoms with Crippen LogP contribution in [0.2, 0.25) is 10.3 Å². The fourth-order valence-corrected chi connectivity index (χ4v) is 3.97. The Morgan fingerprint density at radius 2 is 1.74 bits per heavy atom. The Bertz CT molecular complexity index is 1010. The van der Waals surface area contributed by atoms with Gasteiger partial charge in [0.2, 0.25) is 5.28 Å². The smallest absolute Gasteiger partial charge is 0.224 e. The third-order valence-corrected chi connectivity index (χ3v) is 4.94. The van der Waals surface area contributed by atoms with Gasteiger partial charge in [-0.25, -0.2) is 13.4 Å². The van der Waals surface area contributed by atoms with Crippen LogP contribution < -0.4 is 5.32 Å². The number of halogens is 2. The van der Waals surface area contributed by atoms with Crippen molar-refractivity contribution in [1.29, 1.82) is 0 Å². The molecule has 0 aliphatic heterocycles. The molecule has 3 aromatic rings. The first kappa shape index (κ1) is 16.0. The minimum Gasteiger partial charge on any atom is -0.338 e. The molecule has 0 radical (unpaired) electrons. The largest absolute Gasteiger partial charge is 0.338 e. The molecule has 118 valence electrons. The Morgan fingerprint density at radius 1 is 1.00 bits per heavy atom. The van der Waals surface area contributed by atoms with Crippen molar-refractivity contribution in [2.45, 2.75) is 4.90 Å². The molecule has 0 bridgehead atoms. The first-order chi connectivity index (χ1) is 10.9. The van der Waals surface area contributed by atoms with Gasteiger partial charge in [0.15, 0.2) is 9.84 Å². The number of hydrogen-bond acceptors (Lipinski definition) is 5. The molecule has 0 saturated heterocycles. The molecule has 0 aliphatic rings. The molecule has 0 saturated carbocycles. The Balaban J connectivity index is 2.20. The molecule has 0 unspecified atom stereocenters. The lowest BCUT2D eigenvalue weighted by Gasteiger charge is -2.13. The number of nitrogens with zero attached hydrogens (tertiary/aromatic N) is 2. The Morgan fingerprint density at radius 3 is 2.48 bits per heavy atom. The molecule has 0 fully saturated rings. The summed E-state index contributed by atoms with van der Waals surface area (Å²) in [6.07, 6.45) is 1.10. The van der Waals surface area contributed by atoms with Gasteiger partial charge in [0.05, 0.1) is 16.2 Å². The predicted molar refractivity (Wildman–Crippen MR) is 92.4 cm³/mol. The van der Waals surface area contributed by atoms with Crippen molar-refractivity contribution >= 4 is 55.4 Å². The summed E-state index contributed by atoms with van der Waals surface area (Å²) in [7, 11) is -3.52. The molecular formula is C15H11Cl2N3O2S. The van der Waals surface area contributed by atoms with Crippen molar-refractivity contribution in [1.82, 2.24) is 9.97 Å². The fourth-order valence-electron chi connectivity index (χ4n) is 2.26. The van der Waals surface area contributed by atoms with Gasteiger partial charge in [-0.3, -0.25) is 0 Å². The minimum atomic E-state index is -3.52. The van der Waals surface area contributed by atoms with Gasteiger partial charge < -0.3 is 5.32 Å². The molecule has 23 heavy (non-hydrogen) atoms. The van der Waals surface area contributed by atoms with E-state index in [0.717, 1.165) is 11.6 Å². The third kappa shape index (κ3) is 3.24. The van der Waals surface area contributed by atoms with Crippen LogP contribution in [-0.4, -0.2) is 24.6 Å². The van der Waals surface area contributed by atoms with Gasteiger partial charge in [-0.15, -0.1) is 0 Å². The molecule has 5 nitrogen and oxygen atoms in total. The van der Waals surface area contributed by atoms with Crippen LogP contribution in [0.25, 0.3) is 10.9 Å². The summed E-state index contributed by atoms with van der Waals surface area (Å²) >= 11 is 12.0. The van der Waals surface area contributed by atoms with E-state index in [0.29, 0.717) is 17.0 Å². The van der Waals surface area contributed by atoms with Crippen LogP contribution in [0.15, 0.2) is 47.4 Å². The standard InChI is InChI=1S/C15H11Cl2N3O2S/c1-23(21,22)13-10(16)6-4-8-12(13)18-14-9-5-2-3-7-11(9)19-15(17)20-14/h2-8H,1H3,(H,18,19,20). The second kappa shape index (κ2) is 5.96. The zero-order valence-corrected chi connectivity index (χ0v) is 14.2. The van der Waals surface area contributed by atoms with Gasteiger partial charge in [-0.2, -0.15) is 4.98 Å². The van der Waals surface area contributed by atoms with Crippen LogP contribution in [0.3, 0.4) is 0 Å². The molecule has 0 atom stereocenters. The highest BCUT2D eigenvalue weighted by atomic mass is 35.5. The van der Waals surface area contributed by atoms with Crippen molar-refractivity contribution in [3.05, 3.63) is 52.8 Å².